The van der Waals surface area contributed by atoms with Gasteiger partial charge in [-0.3, -0.25) is 9.59 Å². The van der Waals surface area contributed by atoms with Gasteiger partial charge in [0.1, 0.15) is 17.8 Å². The van der Waals surface area contributed by atoms with E-state index in [4.69, 9.17) is 4.74 Å². The van der Waals surface area contributed by atoms with Gasteiger partial charge in [0.15, 0.2) is 0 Å². The third kappa shape index (κ3) is 6.21. The van der Waals surface area contributed by atoms with Crippen molar-refractivity contribution in [1.82, 2.24) is 10.6 Å². The molecular weight excluding hydrogens is 409 g/mol. The smallest absolute Gasteiger partial charge is 0.416 e. The van der Waals surface area contributed by atoms with Crippen molar-refractivity contribution < 1.29 is 27.5 Å². The van der Waals surface area contributed by atoms with E-state index in [-0.39, 0.29) is 17.0 Å². The van der Waals surface area contributed by atoms with Gasteiger partial charge >= 0.3 is 6.18 Å². The van der Waals surface area contributed by atoms with Crippen LogP contribution in [0.5, 0.6) is 11.5 Å². The number of nitrogens with one attached hydrogen (secondary N) is 2. The predicted octanol–water partition coefficient (Wildman–Crippen LogP) is 4.97. The van der Waals surface area contributed by atoms with E-state index in [1.807, 2.05) is 19.9 Å². The molecule has 0 saturated heterocycles. The number of amides is 1. The fourth-order valence-corrected chi connectivity index (χ4v) is 2.72. The summed E-state index contributed by atoms with van der Waals surface area (Å²) in [5.41, 5.74) is 1.53. The standard InChI is InChI=1S/C23H23F3N2O3/c1-14-11-16(3)21(12-15(14)2)31-20-6-5-17(23(24,25)26)13-19(20)22(30)28-18(8-10-29)7-9-27-4/h5-13,27H,1-4H3,(H,28,30)/b9-7-,18-8+. The Kier molecular flexibility index (Phi) is 7.63. The highest BCUT2D eigenvalue weighted by Gasteiger charge is 2.32. The molecule has 0 aliphatic heterocycles. The maximum Gasteiger partial charge on any atom is 0.416 e. The van der Waals surface area contributed by atoms with Crippen LogP contribution in [0, 0.1) is 20.8 Å². The van der Waals surface area contributed by atoms with Crippen molar-refractivity contribution in [1.29, 1.82) is 0 Å². The van der Waals surface area contributed by atoms with Crippen molar-refractivity contribution >= 4 is 12.2 Å². The van der Waals surface area contributed by atoms with Crippen LogP contribution in [0.2, 0.25) is 0 Å². The zero-order valence-corrected chi connectivity index (χ0v) is 17.6. The Balaban J connectivity index is 2.51. The normalized spacial score (nSPS) is 12.0. The number of benzene rings is 2. The van der Waals surface area contributed by atoms with E-state index in [1.165, 1.54) is 12.3 Å². The average molecular weight is 432 g/mol. The van der Waals surface area contributed by atoms with Crippen LogP contribution in [-0.4, -0.2) is 19.2 Å². The highest BCUT2D eigenvalue weighted by molar-refractivity contribution is 5.98. The van der Waals surface area contributed by atoms with E-state index in [9.17, 15) is 22.8 Å². The van der Waals surface area contributed by atoms with Gasteiger partial charge in [-0.05, 0) is 74.0 Å². The van der Waals surface area contributed by atoms with E-state index in [2.05, 4.69) is 10.6 Å². The predicted molar refractivity (Wildman–Crippen MR) is 112 cm³/mol. The fourth-order valence-electron chi connectivity index (χ4n) is 2.72. The molecule has 31 heavy (non-hydrogen) atoms. The number of hydrogen-bond acceptors (Lipinski definition) is 4. The van der Waals surface area contributed by atoms with Crippen molar-refractivity contribution in [3.05, 3.63) is 82.2 Å². The van der Waals surface area contributed by atoms with E-state index in [0.29, 0.717) is 12.0 Å². The number of ether oxygens (including phenoxy) is 1. The van der Waals surface area contributed by atoms with Crippen LogP contribution in [0.4, 0.5) is 13.2 Å². The second-order valence-corrected chi connectivity index (χ2v) is 6.85. The summed E-state index contributed by atoms with van der Waals surface area (Å²) in [5, 5.41) is 5.12. The van der Waals surface area contributed by atoms with Crippen LogP contribution in [-0.2, 0) is 11.0 Å². The molecule has 0 aliphatic carbocycles. The number of rotatable bonds is 7. The summed E-state index contributed by atoms with van der Waals surface area (Å²) in [6.07, 6.45) is -0.256. The van der Waals surface area contributed by atoms with Crippen LogP contribution < -0.4 is 15.4 Å². The second kappa shape index (κ2) is 9.97. The maximum atomic E-state index is 13.3. The van der Waals surface area contributed by atoms with E-state index < -0.39 is 17.6 Å². The minimum Gasteiger partial charge on any atom is -0.456 e. The van der Waals surface area contributed by atoms with Gasteiger partial charge in [-0.25, -0.2) is 0 Å². The number of aryl methyl sites for hydroxylation is 3. The molecule has 0 fully saturated rings. The van der Waals surface area contributed by atoms with E-state index in [1.54, 1.807) is 20.0 Å². The number of aldehydes is 1. The largest absolute Gasteiger partial charge is 0.456 e. The number of alkyl halides is 3. The van der Waals surface area contributed by atoms with Gasteiger partial charge in [0, 0.05) is 18.8 Å². The number of allylic oxidation sites excluding steroid dienone is 2. The molecule has 2 N–H and O–H groups in total. The molecule has 0 saturated carbocycles. The molecule has 0 aliphatic rings. The fraction of sp³-hybridized carbons (Fsp3) is 0.217. The molecule has 0 atom stereocenters. The molecule has 164 valence electrons. The lowest BCUT2D eigenvalue weighted by molar-refractivity contribution is -0.137. The Bertz CT molecular complexity index is 1040. The minimum absolute atomic E-state index is 0.0418. The maximum absolute atomic E-state index is 13.3. The molecule has 2 aromatic carbocycles. The zero-order valence-electron chi connectivity index (χ0n) is 17.6. The quantitative estimate of drug-likeness (QED) is 0.368. The lowest BCUT2D eigenvalue weighted by atomic mass is 10.1. The molecule has 1 amide bonds. The number of carbonyl (C=O) groups is 2. The first-order chi connectivity index (χ1) is 14.6. The Morgan fingerprint density at radius 2 is 1.68 bits per heavy atom. The van der Waals surface area contributed by atoms with Crippen molar-refractivity contribution in [3.63, 3.8) is 0 Å². The highest BCUT2D eigenvalue weighted by Crippen LogP contribution is 2.35. The van der Waals surface area contributed by atoms with Crippen molar-refractivity contribution in [2.75, 3.05) is 7.05 Å². The van der Waals surface area contributed by atoms with Gasteiger partial charge in [-0.1, -0.05) is 6.07 Å². The first-order valence-corrected chi connectivity index (χ1v) is 9.34. The minimum atomic E-state index is -4.64. The van der Waals surface area contributed by atoms with Gasteiger partial charge in [0.05, 0.1) is 11.1 Å². The molecular formula is C23H23F3N2O3. The summed E-state index contributed by atoms with van der Waals surface area (Å²) >= 11 is 0. The summed E-state index contributed by atoms with van der Waals surface area (Å²) in [5.74, 6) is -0.466. The van der Waals surface area contributed by atoms with Crippen LogP contribution in [0.3, 0.4) is 0 Å². The lowest BCUT2D eigenvalue weighted by Gasteiger charge is -2.16. The zero-order chi connectivity index (χ0) is 23.2. The van der Waals surface area contributed by atoms with Crippen LogP contribution >= 0.6 is 0 Å². The van der Waals surface area contributed by atoms with Gasteiger partial charge < -0.3 is 15.4 Å². The van der Waals surface area contributed by atoms with Gasteiger partial charge in [-0.15, -0.1) is 0 Å². The van der Waals surface area contributed by atoms with Gasteiger partial charge in [-0.2, -0.15) is 13.2 Å². The average Bonchev–Trinajstić information content (AvgIpc) is 2.69. The third-order valence-corrected chi connectivity index (χ3v) is 4.50. The van der Waals surface area contributed by atoms with Crippen molar-refractivity contribution in [3.8, 4) is 11.5 Å². The number of carbonyl (C=O) groups excluding carboxylic acids is 2. The summed E-state index contributed by atoms with van der Waals surface area (Å²) in [6.45, 7) is 5.62. The number of hydrogen-bond donors (Lipinski definition) is 2. The van der Waals surface area contributed by atoms with Gasteiger partial charge in [0.25, 0.3) is 5.91 Å². The SMILES string of the molecule is CN/C=C\C(=C/C=O)NC(=O)c1cc(C(F)(F)F)ccc1Oc1cc(C)c(C)cc1C. The van der Waals surface area contributed by atoms with Crippen molar-refractivity contribution in [2.45, 2.75) is 26.9 Å². The molecule has 0 heterocycles. The second-order valence-electron chi connectivity index (χ2n) is 6.85. The van der Waals surface area contributed by atoms with Crippen molar-refractivity contribution in [2.24, 2.45) is 0 Å². The lowest BCUT2D eigenvalue weighted by Crippen LogP contribution is -2.23. The van der Waals surface area contributed by atoms with Crippen LogP contribution in [0.25, 0.3) is 0 Å². The monoisotopic (exact) mass is 432 g/mol. The summed E-state index contributed by atoms with van der Waals surface area (Å²) < 4.78 is 45.6. The topological polar surface area (TPSA) is 67.4 Å². The molecule has 0 unspecified atom stereocenters. The molecule has 8 heteroatoms. The van der Waals surface area contributed by atoms with Crippen LogP contribution in [0.15, 0.2) is 54.4 Å². The van der Waals surface area contributed by atoms with Crippen LogP contribution in [0.1, 0.15) is 32.6 Å². The third-order valence-electron chi connectivity index (χ3n) is 4.50. The summed E-state index contributed by atoms with van der Waals surface area (Å²) in [7, 11) is 1.61. The molecule has 2 aromatic rings. The molecule has 0 aromatic heterocycles. The first-order valence-electron chi connectivity index (χ1n) is 9.34. The Morgan fingerprint density at radius 1 is 1.00 bits per heavy atom. The Morgan fingerprint density at radius 3 is 2.29 bits per heavy atom. The Hall–Kier alpha value is -3.55. The Labute approximate surface area is 178 Å². The molecule has 0 radical (unpaired) electrons. The molecule has 0 spiro atoms. The highest BCUT2D eigenvalue weighted by atomic mass is 19.4. The first kappa shape index (κ1) is 23.7. The molecule has 0 bridgehead atoms. The van der Waals surface area contributed by atoms with E-state index >= 15 is 0 Å². The molecule has 2 rings (SSSR count). The summed E-state index contributed by atoms with van der Waals surface area (Å²) in [6, 6.07) is 6.34. The van der Waals surface area contributed by atoms with E-state index in [0.717, 1.165) is 41.0 Å². The van der Waals surface area contributed by atoms with Gasteiger partial charge in [0.2, 0.25) is 0 Å². The summed E-state index contributed by atoms with van der Waals surface area (Å²) in [4.78, 5) is 23.7. The molecule has 5 nitrogen and oxygen atoms in total. The number of halogens is 3.